The zero-order chi connectivity index (χ0) is 11.5. The summed E-state index contributed by atoms with van der Waals surface area (Å²) in [4.78, 5) is 4.74. The summed E-state index contributed by atoms with van der Waals surface area (Å²) in [6.07, 6.45) is 1.24. The van der Waals surface area contributed by atoms with Gasteiger partial charge in [0, 0.05) is 25.7 Å². The molecule has 0 saturated carbocycles. The summed E-state index contributed by atoms with van der Waals surface area (Å²) >= 11 is 0. The molecule has 0 aliphatic carbocycles. The topological polar surface area (TPSA) is 26.7 Å². The Balaban J connectivity index is 1.92. The summed E-state index contributed by atoms with van der Waals surface area (Å²) < 4.78 is 0. The third-order valence-electron chi connectivity index (χ3n) is 3.29. The Hall–Kier alpha value is -1.06. The number of likely N-dealkylation sites (tertiary alicyclic amines) is 1. The third-order valence-corrected chi connectivity index (χ3v) is 3.29. The van der Waals surface area contributed by atoms with Gasteiger partial charge in [-0.15, -0.1) is 0 Å². The van der Waals surface area contributed by atoms with Crippen molar-refractivity contribution in [3.05, 3.63) is 29.8 Å². The maximum atomic E-state index is 9.40. The highest BCUT2D eigenvalue weighted by molar-refractivity contribution is 5.27. The smallest absolute Gasteiger partial charge is 0.115 e. The fourth-order valence-electron chi connectivity index (χ4n) is 2.29. The van der Waals surface area contributed by atoms with Gasteiger partial charge < -0.3 is 10.0 Å². The van der Waals surface area contributed by atoms with E-state index >= 15 is 0 Å². The van der Waals surface area contributed by atoms with E-state index in [-0.39, 0.29) is 0 Å². The SMILES string of the molecule is CN(C)C1CCN(Cc2cccc(O)c2)C1. The summed E-state index contributed by atoms with van der Waals surface area (Å²) in [5, 5.41) is 9.40. The second-order valence-electron chi connectivity index (χ2n) is 4.81. The fraction of sp³-hybridized carbons (Fsp3) is 0.538. The van der Waals surface area contributed by atoms with Gasteiger partial charge in [-0.05, 0) is 38.2 Å². The number of hydrogen-bond donors (Lipinski definition) is 1. The molecule has 1 fully saturated rings. The molecule has 1 aliphatic heterocycles. The molecule has 0 amide bonds. The molecule has 1 unspecified atom stereocenters. The highest BCUT2D eigenvalue weighted by Crippen LogP contribution is 2.18. The van der Waals surface area contributed by atoms with Crippen molar-refractivity contribution in [1.82, 2.24) is 9.80 Å². The van der Waals surface area contributed by atoms with E-state index in [4.69, 9.17) is 0 Å². The van der Waals surface area contributed by atoms with Crippen molar-refractivity contribution in [2.75, 3.05) is 27.2 Å². The lowest BCUT2D eigenvalue weighted by molar-refractivity contribution is 0.264. The first kappa shape index (κ1) is 11.4. The van der Waals surface area contributed by atoms with Crippen molar-refractivity contribution in [2.24, 2.45) is 0 Å². The van der Waals surface area contributed by atoms with E-state index in [1.54, 1.807) is 6.07 Å². The molecule has 0 bridgehead atoms. The molecule has 1 aromatic carbocycles. The fourth-order valence-corrected chi connectivity index (χ4v) is 2.29. The van der Waals surface area contributed by atoms with E-state index in [1.807, 2.05) is 12.1 Å². The average molecular weight is 220 g/mol. The predicted octanol–water partition coefficient (Wildman–Crippen LogP) is 1.53. The maximum absolute atomic E-state index is 9.40. The highest BCUT2D eigenvalue weighted by Gasteiger charge is 2.23. The Morgan fingerprint density at radius 3 is 2.88 bits per heavy atom. The van der Waals surface area contributed by atoms with Gasteiger partial charge >= 0.3 is 0 Å². The summed E-state index contributed by atoms with van der Waals surface area (Å²) in [6, 6.07) is 8.23. The van der Waals surface area contributed by atoms with E-state index in [0.717, 1.165) is 19.6 Å². The minimum absolute atomic E-state index is 0.362. The summed E-state index contributed by atoms with van der Waals surface area (Å²) in [7, 11) is 4.28. The third kappa shape index (κ3) is 2.74. The molecule has 1 atom stereocenters. The van der Waals surface area contributed by atoms with Crippen LogP contribution in [0.3, 0.4) is 0 Å². The van der Waals surface area contributed by atoms with E-state index < -0.39 is 0 Å². The first-order valence-corrected chi connectivity index (χ1v) is 5.82. The summed E-state index contributed by atoms with van der Waals surface area (Å²) in [6.45, 7) is 3.22. The van der Waals surface area contributed by atoms with E-state index in [1.165, 1.54) is 12.0 Å². The molecule has 0 spiro atoms. The van der Waals surface area contributed by atoms with Crippen LogP contribution in [0.5, 0.6) is 5.75 Å². The molecule has 88 valence electrons. The van der Waals surface area contributed by atoms with Gasteiger partial charge in [0.1, 0.15) is 5.75 Å². The van der Waals surface area contributed by atoms with E-state index in [0.29, 0.717) is 11.8 Å². The minimum Gasteiger partial charge on any atom is -0.508 e. The van der Waals surface area contributed by atoms with Gasteiger partial charge in [0.2, 0.25) is 0 Å². The monoisotopic (exact) mass is 220 g/mol. The molecule has 0 aromatic heterocycles. The summed E-state index contributed by atoms with van der Waals surface area (Å²) in [5.41, 5.74) is 1.19. The zero-order valence-corrected chi connectivity index (χ0v) is 10.1. The quantitative estimate of drug-likeness (QED) is 0.837. The Kier molecular flexibility index (Phi) is 3.46. The van der Waals surface area contributed by atoms with Gasteiger partial charge in [0.05, 0.1) is 0 Å². The molecule has 2 rings (SSSR count). The van der Waals surface area contributed by atoms with Gasteiger partial charge in [-0.1, -0.05) is 12.1 Å². The lowest BCUT2D eigenvalue weighted by Gasteiger charge is -2.20. The molecule has 16 heavy (non-hydrogen) atoms. The van der Waals surface area contributed by atoms with Crippen LogP contribution in [0.1, 0.15) is 12.0 Å². The molecule has 3 nitrogen and oxygen atoms in total. The molecule has 1 aliphatic rings. The standard InChI is InChI=1S/C13H20N2O/c1-14(2)12-6-7-15(10-12)9-11-4-3-5-13(16)8-11/h3-5,8,12,16H,6-7,9-10H2,1-2H3. The molecular formula is C13H20N2O. The Bertz CT molecular complexity index is 352. The molecule has 1 N–H and O–H groups in total. The number of likely N-dealkylation sites (N-methyl/N-ethyl adjacent to an activating group) is 1. The normalized spacial score (nSPS) is 21.8. The Labute approximate surface area is 97.3 Å². The lowest BCUT2D eigenvalue weighted by Crippen LogP contribution is -2.31. The van der Waals surface area contributed by atoms with Crippen LogP contribution in [0.4, 0.5) is 0 Å². The zero-order valence-electron chi connectivity index (χ0n) is 10.1. The molecule has 0 radical (unpaired) electrons. The van der Waals surface area contributed by atoms with E-state index in [2.05, 4.69) is 30.0 Å². The van der Waals surface area contributed by atoms with Crippen molar-refractivity contribution in [2.45, 2.75) is 19.0 Å². The second kappa shape index (κ2) is 4.85. The van der Waals surface area contributed by atoms with E-state index in [9.17, 15) is 5.11 Å². The number of phenols is 1. The number of rotatable bonds is 3. The van der Waals surface area contributed by atoms with Crippen molar-refractivity contribution in [3.63, 3.8) is 0 Å². The van der Waals surface area contributed by atoms with Crippen LogP contribution >= 0.6 is 0 Å². The van der Waals surface area contributed by atoms with Crippen LogP contribution in [0, 0.1) is 0 Å². The lowest BCUT2D eigenvalue weighted by atomic mass is 10.2. The van der Waals surface area contributed by atoms with Crippen LogP contribution in [-0.4, -0.2) is 48.1 Å². The van der Waals surface area contributed by atoms with Crippen LogP contribution in [0.15, 0.2) is 24.3 Å². The van der Waals surface area contributed by atoms with Crippen molar-refractivity contribution < 1.29 is 5.11 Å². The average Bonchev–Trinajstić information content (AvgIpc) is 2.66. The second-order valence-corrected chi connectivity index (χ2v) is 4.81. The number of nitrogens with zero attached hydrogens (tertiary/aromatic N) is 2. The van der Waals surface area contributed by atoms with Crippen molar-refractivity contribution >= 4 is 0 Å². The van der Waals surface area contributed by atoms with Gasteiger partial charge in [-0.2, -0.15) is 0 Å². The van der Waals surface area contributed by atoms with Gasteiger partial charge in [-0.3, -0.25) is 4.90 Å². The van der Waals surface area contributed by atoms with Crippen LogP contribution in [0.2, 0.25) is 0 Å². The molecule has 1 saturated heterocycles. The number of benzene rings is 1. The highest BCUT2D eigenvalue weighted by atomic mass is 16.3. The van der Waals surface area contributed by atoms with Gasteiger partial charge in [0.25, 0.3) is 0 Å². The Morgan fingerprint density at radius 2 is 2.25 bits per heavy atom. The predicted molar refractivity (Wildman–Crippen MR) is 65.5 cm³/mol. The summed E-state index contributed by atoms with van der Waals surface area (Å²) in [5.74, 6) is 0.362. The molecule has 3 heteroatoms. The van der Waals surface area contributed by atoms with Gasteiger partial charge in [-0.25, -0.2) is 0 Å². The van der Waals surface area contributed by atoms with Crippen LogP contribution < -0.4 is 0 Å². The van der Waals surface area contributed by atoms with Gasteiger partial charge in [0.15, 0.2) is 0 Å². The minimum atomic E-state index is 0.362. The number of phenolic OH excluding ortho intramolecular Hbond substituents is 1. The van der Waals surface area contributed by atoms with Crippen LogP contribution in [-0.2, 0) is 6.54 Å². The number of aromatic hydroxyl groups is 1. The molecular weight excluding hydrogens is 200 g/mol. The number of hydrogen-bond acceptors (Lipinski definition) is 3. The molecule has 1 aromatic rings. The molecule has 1 heterocycles. The van der Waals surface area contributed by atoms with Crippen molar-refractivity contribution in [3.8, 4) is 5.75 Å². The largest absolute Gasteiger partial charge is 0.508 e. The van der Waals surface area contributed by atoms with Crippen LogP contribution in [0.25, 0.3) is 0 Å². The maximum Gasteiger partial charge on any atom is 0.115 e. The first-order chi connectivity index (χ1) is 7.65. The Morgan fingerprint density at radius 1 is 1.44 bits per heavy atom. The van der Waals surface area contributed by atoms with Crippen molar-refractivity contribution in [1.29, 1.82) is 0 Å². The first-order valence-electron chi connectivity index (χ1n) is 5.82.